The number of primary amides is 1. The quantitative estimate of drug-likeness (QED) is 0.587. The molecule has 0 unspecified atom stereocenters. The molecule has 8 heteroatoms. The second-order valence-corrected chi connectivity index (χ2v) is 7.58. The van der Waals surface area contributed by atoms with Crippen LogP contribution in [0, 0.1) is 5.92 Å². The highest BCUT2D eigenvalue weighted by atomic mass is 79.9. The molecule has 0 radical (unpaired) electrons. The Labute approximate surface area is 161 Å². The van der Waals surface area contributed by atoms with E-state index in [9.17, 15) is 14.4 Å². The molecular weight excluding hydrogens is 410 g/mol. The first-order valence-electron chi connectivity index (χ1n) is 7.90. The monoisotopic (exact) mass is 431 g/mol. The molecule has 0 aromatic heterocycles. The van der Waals surface area contributed by atoms with Crippen LogP contribution in [-0.2, 0) is 20.8 Å². The van der Waals surface area contributed by atoms with Crippen LogP contribution in [0.15, 0.2) is 22.7 Å². The van der Waals surface area contributed by atoms with Gasteiger partial charge in [0, 0.05) is 22.8 Å². The molecule has 25 heavy (non-hydrogen) atoms. The molecule has 4 N–H and O–H groups in total. The normalized spacial score (nSPS) is 13.2. The van der Waals surface area contributed by atoms with Gasteiger partial charge in [-0.1, -0.05) is 41.4 Å². The van der Waals surface area contributed by atoms with E-state index in [1.54, 1.807) is 18.2 Å². The van der Waals surface area contributed by atoms with Gasteiger partial charge in [0.05, 0.1) is 0 Å². The highest BCUT2D eigenvalue weighted by molar-refractivity contribution is 9.10. The molecule has 1 aromatic rings. The Balaban J connectivity index is 2.91. The Bertz CT molecular complexity index is 652. The SMILES string of the molecule is CC(=O)N[C@@H](CC(C)C)C(=O)N[C@H](Cc1cc(Cl)ccc1Br)C(N)=O. The van der Waals surface area contributed by atoms with Gasteiger partial charge in [-0.05, 0) is 36.1 Å². The minimum absolute atomic E-state index is 0.191. The predicted molar refractivity (Wildman–Crippen MR) is 101 cm³/mol. The van der Waals surface area contributed by atoms with E-state index in [2.05, 4.69) is 26.6 Å². The summed E-state index contributed by atoms with van der Waals surface area (Å²) in [5.41, 5.74) is 6.18. The lowest BCUT2D eigenvalue weighted by Crippen LogP contribution is -2.53. The van der Waals surface area contributed by atoms with Gasteiger partial charge in [0.25, 0.3) is 0 Å². The first-order chi connectivity index (χ1) is 11.6. The molecule has 6 nitrogen and oxygen atoms in total. The molecule has 0 saturated heterocycles. The fourth-order valence-electron chi connectivity index (χ4n) is 2.36. The maximum absolute atomic E-state index is 12.5. The van der Waals surface area contributed by atoms with Crippen LogP contribution in [0.25, 0.3) is 0 Å². The van der Waals surface area contributed by atoms with Gasteiger partial charge >= 0.3 is 0 Å². The van der Waals surface area contributed by atoms with Gasteiger partial charge in [-0.3, -0.25) is 14.4 Å². The lowest BCUT2D eigenvalue weighted by molar-refractivity contribution is -0.131. The zero-order valence-corrected chi connectivity index (χ0v) is 16.8. The second-order valence-electron chi connectivity index (χ2n) is 6.29. The summed E-state index contributed by atoms with van der Waals surface area (Å²) >= 11 is 9.37. The molecule has 0 heterocycles. The number of nitrogens with one attached hydrogen (secondary N) is 2. The molecule has 0 aliphatic rings. The molecule has 0 spiro atoms. The van der Waals surface area contributed by atoms with Crippen molar-refractivity contribution in [3.63, 3.8) is 0 Å². The zero-order valence-electron chi connectivity index (χ0n) is 14.4. The lowest BCUT2D eigenvalue weighted by Gasteiger charge is -2.23. The number of amides is 3. The van der Waals surface area contributed by atoms with Gasteiger partial charge in [0.15, 0.2) is 0 Å². The van der Waals surface area contributed by atoms with Gasteiger partial charge in [-0.2, -0.15) is 0 Å². The number of halogens is 2. The highest BCUT2D eigenvalue weighted by Crippen LogP contribution is 2.22. The lowest BCUT2D eigenvalue weighted by atomic mass is 10.0. The molecule has 138 valence electrons. The van der Waals surface area contributed by atoms with E-state index in [4.69, 9.17) is 17.3 Å². The van der Waals surface area contributed by atoms with Gasteiger partial charge in [-0.25, -0.2) is 0 Å². The third-order valence-corrected chi connectivity index (χ3v) is 4.50. The second kappa shape index (κ2) is 9.77. The molecule has 0 aliphatic heterocycles. The van der Waals surface area contributed by atoms with E-state index in [0.717, 1.165) is 10.0 Å². The van der Waals surface area contributed by atoms with Crippen LogP contribution in [0.4, 0.5) is 0 Å². The molecule has 0 bridgehead atoms. The van der Waals surface area contributed by atoms with Crippen molar-refractivity contribution in [1.82, 2.24) is 10.6 Å². The number of hydrogen-bond donors (Lipinski definition) is 3. The molecule has 1 rings (SSSR count). The summed E-state index contributed by atoms with van der Waals surface area (Å²) in [4.78, 5) is 35.6. The van der Waals surface area contributed by atoms with Crippen LogP contribution in [0.5, 0.6) is 0 Å². The van der Waals surface area contributed by atoms with Crippen LogP contribution < -0.4 is 16.4 Å². The average molecular weight is 433 g/mol. The topological polar surface area (TPSA) is 101 Å². The largest absolute Gasteiger partial charge is 0.368 e. The average Bonchev–Trinajstić information content (AvgIpc) is 2.48. The third kappa shape index (κ3) is 7.44. The van der Waals surface area contributed by atoms with Gasteiger partial charge in [0.2, 0.25) is 17.7 Å². The van der Waals surface area contributed by atoms with Gasteiger partial charge in [0.1, 0.15) is 12.1 Å². The van der Waals surface area contributed by atoms with Crippen LogP contribution in [0.3, 0.4) is 0 Å². The zero-order chi connectivity index (χ0) is 19.1. The summed E-state index contributed by atoms with van der Waals surface area (Å²) < 4.78 is 0.762. The third-order valence-electron chi connectivity index (χ3n) is 3.49. The molecule has 1 aromatic carbocycles. The van der Waals surface area contributed by atoms with Crippen molar-refractivity contribution in [2.75, 3.05) is 0 Å². The summed E-state index contributed by atoms with van der Waals surface area (Å²) in [6, 6.07) is 3.54. The molecule has 3 amide bonds. The standard InChI is InChI=1S/C17H23BrClN3O3/c1-9(2)6-15(21-10(3)23)17(25)22-14(16(20)24)8-11-7-12(19)4-5-13(11)18/h4-5,7,9,14-15H,6,8H2,1-3H3,(H2,20,24)(H,21,23)(H,22,25)/t14-,15+/m1/s1. The molecule has 0 aliphatic carbocycles. The Morgan fingerprint density at radius 2 is 1.84 bits per heavy atom. The van der Waals surface area contributed by atoms with Crippen LogP contribution >= 0.6 is 27.5 Å². The van der Waals surface area contributed by atoms with Gasteiger partial charge < -0.3 is 16.4 Å². The Kier molecular flexibility index (Phi) is 8.38. The molecular formula is C17H23BrClN3O3. The predicted octanol–water partition coefficient (Wildman–Crippen LogP) is 2.17. The molecule has 0 saturated carbocycles. The van der Waals surface area contributed by atoms with Crippen LogP contribution in [0.1, 0.15) is 32.8 Å². The summed E-state index contributed by atoms with van der Waals surface area (Å²) in [5, 5.41) is 5.75. The molecule has 2 atom stereocenters. The van der Waals surface area contributed by atoms with Crippen molar-refractivity contribution < 1.29 is 14.4 Å². The van der Waals surface area contributed by atoms with Crippen molar-refractivity contribution in [2.45, 2.75) is 45.7 Å². The van der Waals surface area contributed by atoms with E-state index in [-0.39, 0.29) is 18.2 Å². The molecule has 0 fully saturated rings. The number of hydrogen-bond acceptors (Lipinski definition) is 3. The minimum atomic E-state index is -0.911. The van der Waals surface area contributed by atoms with E-state index >= 15 is 0 Å². The smallest absolute Gasteiger partial charge is 0.243 e. The van der Waals surface area contributed by atoms with E-state index in [1.165, 1.54) is 6.92 Å². The van der Waals surface area contributed by atoms with Crippen molar-refractivity contribution >= 4 is 45.3 Å². The number of carbonyl (C=O) groups is 3. The van der Waals surface area contributed by atoms with E-state index in [1.807, 2.05) is 13.8 Å². The van der Waals surface area contributed by atoms with E-state index < -0.39 is 23.9 Å². The minimum Gasteiger partial charge on any atom is -0.368 e. The Morgan fingerprint density at radius 3 is 2.36 bits per heavy atom. The first kappa shape index (κ1) is 21.4. The van der Waals surface area contributed by atoms with Crippen molar-refractivity contribution in [2.24, 2.45) is 11.7 Å². The Hall–Kier alpha value is -1.60. The van der Waals surface area contributed by atoms with E-state index in [0.29, 0.717) is 11.4 Å². The Morgan fingerprint density at radius 1 is 1.20 bits per heavy atom. The summed E-state index contributed by atoms with van der Waals surface area (Å²) in [6.45, 7) is 5.22. The van der Waals surface area contributed by atoms with Crippen LogP contribution in [-0.4, -0.2) is 29.8 Å². The van der Waals surface area contributed by atoms with Crippen molar-refractivity contribution in [1.29, 1.82) is 0 Å². The number of nitrogens with two attached hydrogens (primary N) is 1. The summed E-state index contributed by atoms with van der Waals surface area (Å²) in [7, 11) is 0. The summed E-state index contributed by atoms with van der Waals surface area (Å²) in [6.07, 6.45) is 0.647. The van der Waals surface area contributed by atoms with Crippen molar-refractivity contribution in [3.8, 4) is 0 Å². The summed E-state index contributed by atoms with van der Waals surface area (Å²) in [5.74, 6) is -1.22. The van der Waals surface area contributed by atoms with Gasteiger partial charge in [-0.15, -0.1) is 0 Å². The maximum atomic E-state index is 12.5. The highest BCUT2D eigenvalue weighted by Gasteiger charge is 2.26. The first-order valence-corrected chi connectivity index (χ1v) is 9.08. The number of rotatable bonds is 8. The number of carbonyl (C=O) groups excluding carboxylic acids is 3. The fraction of sp³-hybridized carbons (Fsp3) is 0.471. The number of benzene rings is 1. The fourth-order valence-corrected chi connectivity index (χ4v) is 2.97. The maximum Gasteiger partial charge on any atom is 0.243 e. The van der Waals surface area contributed by atoms with Crippen LogP contribution in [0.2, 0.25) is 5.02 Å². The van der Waals surface area contributed by atoms with Crippen molar-refractivity contribution in [3.05, 3.63) is 33.3 Å².